The molecule has 2 aromatic carbocycles. The number of pyridine rings is 1. The van der Waals surface area contributed by atoms with Gasteiger partial charge in [0.25, 0.3) is 0 Å². The lowest BCUT2D eigenvalue weighted by molar-refractivity contribution is -0.118. The first-order valence-electron chi connectivity index (χ1n) is 12.3. The first kappa shape index (κ1) is 26.2. The molecule has 9 heteroatoms. The fraction of sp³-hybridized carbons (Fsp3) is 0.207. The Morgan fingerprint density at radius 3 is 2.58 bits per heavy atom. The normalized spacial score (nSPS) is 17.1. The van der Waals surface area contributed by atoms with Crippen LogP contribution >= 0.6 is 35.4 Å². The number of anilines is 2. The van der Waals surface area contributed by atoms with Crippen molar-refractivity contribution in [1.29, 1.82) is 0 Å². The number of hydrogen-bond donors (Lipinski definition) is 2. The number of carbonyl (C=O) groups excluding carboxylic acids is 1. The van der Waals surface area contributed by atoms with E-state index in [-0.39, 0.29) is 23.9 Å². The lowest BCUT2D eigenvalue weighted by Crippen LogP contribution is -2.30. The second-order valence-corrected chi connectivity index (χ2v) is 10.8. The van der Waals surface area contributed by atoms with Crippen LogP contribution in [0.2, 0.25) is 10.0 Å². The third-order valence-corrected chi connectivity index (χ3v) is 7.47. The smallest absolute Gasteiger partial charge is 0.226 e. The predicted molar refractivity (Wildman–Crippen MR) is 158 cm³/mol. The van der Waals surface area contributed by atoms with Crippen LogP contribution in [0.25, 0.3) is 5.69 Å². The highest BCUT2D eigenvalue weighted by Crippen LogP contribution is 2.43. The number of thiocarbonyl (C=S) groups is 1. The Labute approximate surface area is 237 Å². The minimum Gasteiger partial charge on any atom is -0.351 e. The molecule has 2 atom stereocenters. The number of aryl methyl sites for hydroxylation is 1. The van der Waals surface area contributed by atoms with Crippen molar-refractivity contribution in [3.05, 3.63) is 106 Å². The SMILES string of the molecule is Cc1cc(N2C(=S)N[C@@H](c3ccccn3)[C@H]2c2cccn2-c2ccc(Cl)cc2Cl)ccc1NC(=O)C(C)C. The monoisotopic (exact) mass is 563 g/mol. The average molecular weight is 565 g/mol. The van der Waals surface area contributed by atoms with E-state index >= 15 is 0 Å². The molecule has 0 unspecified atom stereocenters. The topological polar surface area (TPSA) is 62.2 Å². The number of rotatable bonds is 6. The maximum atomic E-state index is 12.3. The van der Waals surface area contributed by atoms with Gasteiger partial charge in [-0.15, -0.1) is 0 Å². The summed E-state index contributed by atoms with van der Waals surface area (Å²) in [6.07, 6.45) is 3.76. The zero-order valence-corrected chi connectivity index (χ0v) is 23.5. The summed E-state index contributed by atoms with van der Waals surface area (Å²) < 4.78 is 2.06. The van der Waals surface area contributed by atoms with E-state index in [2.05, 4.69) is 31.2 Å². The molecule has 1 aliphatic rings. The van der Waals surface area contributed by atoms with Gasteiger partial charge in [0.15, 0.2) is 5.11 Å². The molecule has 4 aromatic rings. The summed E-state index contributed by atoms with van der Waals surface area (Å²) in [7, 11) is 0. The van der Waals surface area contributed by atoms with Gasteiger partial charge in [-0.2, -0.15) is 0 Å². The minimum atomic E-state index is -0.241. The van der Waals surface area contributed by atoms with Crippen LogP contribution in [0, 0.1) is 12.8 Å². The highest BCUT2D eigenvalue weighted by atomic mass is 35.5. The standard InChI is InChI=1S/C29H27Cl2N5OS/c1-17(2)28(37)33-22-11-10-20(15-18(22)3)36-27(26(34-29(36)38)23-7-4-5-13-32-23)25-8-6-14-35(25)24-12-9-19(30)16-21(24)31/h4-17,26-27H,1-3H3,(H,33,37)(H,34,38)/t26-,27+/m0/s1. The van der Waals surface area contributed by atoms with E-state index in [1.807, 2.05) is 81.6 Å². The van der Waals surface area contributed by atoms with E-state index in [4.69, 9.17) is 35.4 Å². The highest BCUT2D eigenvalue weighted by molar-refractivity contribution is 7.80. The molecule has 5 rings (SSSR count). The van der Waals surface area contributed by atoms with Crippen LogP contribution in [0.4, 0.5) is 11.4 Å². The molecule has 0 bridgehead atoms. The van der Waals surface area contributed by atoms with Crippen LogP contribution in [0.1, 0.15) is 42.9 Å². The maximum Gasteiger partial charge on any atom is 0.226 e. The van der Waals surface area contributed by atoms with E-state index in [0.717, 1.165) is 34.0 Å². The third-order valence-electron chi connectivity index (χ3n) is 6.62. The Morgan fingerprint density at radius 1 is 1.08 bits per heavy atom. The Bertz CT molecular complexity index is 1500. The van der Waals surface area contributed by atoms with Gasteiger partial charge in [0.05, 0.1) is 22.4 Å². The average Bonchev–Trinajstić information content (AvgIpc) is 3.50. The van der Waals surface area contributed by atoms with Crippen molar-refractivity contribution >= 4 is 57.8 Å². The Morgan fingerprint density at radius 2 is 1.89 bits per heavy atom. The first-order valence-corrected chi connectivity index (χ1v) is 13.5. The van der Waals surface area contributed by atoms with Gasteiger partial charge in [-0.3, -0.25) is 9.78 Å². The fourth-order valence-electron chi connectivity index (χ4n) is 4.68. The molecular formula is C29H27Cl2N5OS. The summed E-state index contributed by atoms with van der Waals surface area (Å²) in [6.45, 7) is 5.73. The van der Waals surface area contributed by atoms with Gasteiger partial charge in [-0.25, -0.2) is 0 Å². The second kappa shape index (κ2) is 10.8. The van der Waals surface area contributed by atoms with Gasteiger partial charge < -0.3 is 20.1 Å². The molecule has 6 nitrogen and oxygen atoms in total. The molecule has 0 aliphatic carbocycles. The summed E-state index contributed by atoms with van der Waals surface area (Å²) in [5.74, 6) is -0.134. The lowest BCUT2D eigenvalue weighted by atomic mass is 10.00. The Hall–Kier alpha value is -3.39. The van der Waals surface area contributed by atoms with Crippen molar-refractivity contribution in [3.63, 3.8) is 0 Å². The van der Waals surface area contributed by atoms with Crippen molar-refractivity contribution in [2.45, 2.75) is 32.9 Å². The fourth-order valence-corrected chi connectivity index (χ4v) is 5.53. The van der Waals surface area contributed by atoms with Crippen molar-refractivity contribution in [2.24, 2.45) is 5.92 Å². The zero-order chi connectivity index (χ0) is 27.0. The largest absolute Gasteiger partial charge is 0.351 e. The van der Waals surface area contributed by atoms with Gasteiger partial charge in [0, 0.05) is 40.4 Å². The molecule has 1 amide bonds. The number of amides is 1. The summed E-state index contributed by atoms with van der Waals surface area (Å²) in [4.78, 5) is 19.1. The number of nitrogens with one attached hydrogen (secondary N) is 2. The zero-order valence-electron chi connectivity index (χ0n) is 21.2. The molecule has 2 aromatic heterocycles. The molecule has 1 saturated heterocycles. The molecular weight excluding hydrogens is 537 g/mol. The number of nitrogens with zero attached hydrogens (tertiary/aromatic N) is 3. The predicted octanol–water partition coefficient (Wildman–Crippen LogP) is 7.26. The molecule has 0 saturated carbocycles. The number of aromatic nitrogens is 2. The van der Waals surface area contributed by atoms with Crippen LogP contribution in [0.3, 0.4) is 0 Å². The molecule has 1 fully saturated rings. The van der Waals surface area contributed by atoms with E-state index in [1.54, 1.807) is 12.3 Å². The van der Waals surface area contributed by atoms with Gasteiger partial charge in [0.2, 0.25) is 5.91 Å². The maximum absolute atomic E-state index is 12.3. The van der Waals surface area contributed by atoms with Crippen LogP contribution in [-0.4, -0.2) is 20.6 Å². The quantitative estimate of drug-likeness (QED) is 0.242. The van der Waals surface area contributed by atoms with Crippen molar-refractivity contribution in [3.8, 4) is 5.69 Å². The highest BCUT2D eigenvalue weighted by Gasteiger charge is 2.42. The first-order chi connectivity index (χ1) is 18.2. The molecule has 1 aliphatic heterocycles. The molecule has 38 heavy (non-hydrogen) atoms. The van der Waals surface area contributed by atoms with Crippen LogP contribution in [-0.2, 0) is 4.79 Å². The van der Waals surface area contributed by atoms with E-state index in [9.17, 15) is 4.79 Å². The van der Waals surface area contributed by atoms with Gasteiger partial charge >= 0.3 is 0 Å². The summed E-state index contributed by atoms with van der Waals surface area (Å²) in [5, 5.41) is 8.21. The number of benzene rings is 2. The van der Waals surface area contributed by atoms with Gasteiger partial charge in [-0.05, 0) is 85.4 Å². The second-order valence-electron chi connectivity index (χ2n) is 9.54. The number of hydrogen-bond acceptors (Lipinski definition) is 3. The van der Waals surface area contributed by atoms with Crippen molar-refractivity contribution in [2.75, 3.05) is 10.2 Å². The van der Waals surface area contributed by atoms with E-state index in [1.165, 1.54) is 0 Å². The summed E-state index contributed by atoms with van der Waals surface area (Å²) in [5.41, 5.74) is 5.29. The van der Waals surface area contributed by atoms with Crippen molar-refractivity contribution < 1.29 is 4.79 Å². The summed E-state index contributed by atoms with van der Waals surface area (Å²) in [6, 6.07) is 20.9. The van der Waals surface area contributed by atoms with Gasteiger partial charge in [-0.1, -0.05) is 43.1 Å². The Kier molecular flexibility index (Phi) is 7.43. The lowest BCUT2D eigenvalue weighted by Gasteiger charge is -2.29. The van der Waals surface area contributed by atoms with Crippen LogP contribution in [0.15, 0.2) is 79.1 Å². The van der Waals surface area contributed by atoms with Crippen molar-refractivity contribution in [1.82, 2.24) is 14.9 Å². The van der Waals surface area contributed by atoms with E-state index < -0.39 is 0 Å². The summed E-state index contributed by atoms with van der Waals surface area (Å²) >= 11 is 18.7. The molecule has 0 radical (unpaired) electrons. The van der Waals surface area contributed by atoms with Crippen LogP contribution < -0.4 is 15.5 Å². The molecule has 2 N–H and O–H groups in total. The minimum absolute atomic E-state index is 0.0232. The Balaban J connectivity index is 1.61. The molecule has 0 spiro atoms. The van der Waals surface area contributed by atoms with Gasteiger partial charge in [0.1, 0.15) is 6.04 Å². The molecule has 194 valence electrons. The third kappa shape index (κ3) is 5.01. The van der Waals surface area contributed by atoms with Crippen LogP contribution in [0.5, 0.6) is 0 Å². The molecule has 3 heterocycles. The van der Waals surface area contributed by atoms with E-state index in [0.29, 0.717) is 15.2 Å². The number of carbonyl (C=O) groups is 1. The number of halogens is 2.